The molecular weight excluding hydrogens is 328 g/mol. The molecule has 3 rings (SSSR count). The summed E-state index contributed by atoms with van der Waals surface area (Å²) in [6.45, 7) is 2.75. The Kier molecular flexibility index (Phi) is 5.05. The molecule has 7 heteroatoms. The van der Waals surface area contributed by atoms with Crippen LogP contribution >= 0.6 is 11.6 Å². The maximum Gasteiger partial charge on any atom is 0.322 e. The quantitative estimate of drug-likeness (QED) is 0.927. The van der Waals surface area contributed by atoms with Crippen molar-refractivity contribution in [3.8, 4) is 5.75 Å². The van der Waals surface area contributed by atoms with Crippen LogP contribution in [0.3, 0.4) is 0 Å². The minimum Gasteiger partial charge on any atom is -0.497 e. The SMILES string of the molecule is COc1ccc(Cl)c(NC(=O)N2CCN(c3ccccn3)CC2)c1. The predicted molar refractivity (Wildman–Crippen MR) is 95.0 cm³/mol. The van der Waals surface area contributed by atoms with Gasteiger partial charge in [-0.2, -0.15) is 0 Å². The van der Waals surface area contributed by atoms with Crippen LogP contribution in [0.5, 0.6) is 5.75 Å². The van der Waals surface area contributed by atoms with E-state index in [-0.39, 0.29) is 6.03 Å². The van der Waals surface area contributed by atoms with E-state index in [1.807, 2.05) is 18.2 Å². The largest absolute Gasteiger partial charge is 0.497 e. The first-order valence-corrected chi connectivity index (χ1v) is 8.10. The van der Waals surface area contributed by atoms with E-state index < -0.39 is 0 Å². The van der Waals surface area contributed by atoms with Crippen molar-refractivity contribution in [2.45, 2.75) is 0 Å². The van der Waals surface area contributed by atoms with Crippen LogP contribution in [0.15, 0.2) is 42.6 Å². The van der Waals surface area contributed by atoms with Crippen LogP contribution in [0.2, 0.25) is 5.02 Å². The Hall–Kier alpha value is -2.47. The molecule has 0 aliphatic carbocycles. The lowest BCUT2D eigenvalue weighted by Crippen LogP contribution is -2.50. The minimum absolute atomic E-state index is 0.161. The third kappa shape index (κ3) is 3.71. The number of hydrogen-bond donors (Lipinski definition) is 1. The van der Waals surface area contributed by atoms with Crippen LogP contribution in [-0.2, 0) is 0 Å². The maximum absolute atomic E-state index is 12.4. The molecule has 1 aromatic carbocycles. The van der Waals surface area contributed by atoms with Crippen molar-refractivity contribution >= 4 is 29.1 Å². The fraction of sp³-hybridized carbons (Fsp3) is 0.294. The summed E-state index contributed by atoms with van der Waals surface area (Å²) in [6, 6.07) is 10.8. The predicted octanol–water partition coefficient (Wildman–Crippen LogP) is 3.10. The number of aromatic nitrogens is 1. The zero-order chi connectivity index (χ0) is 16.9. The maximum atomic E-state index is 12.4. The molecule has 24 heavy (non-hydrogen) atoms. The first-order chi connectivity index (χ1) is 11.7. The standard InChI is InChI=1S/C17H19ClN4O2/c1-24-13-5-6-14(18)15(12-13)20-17(23)22-10-8-21(9-11-22)16-4-2-3-7-19-16/h2-7,12H,8-11H2,1H3,(H,20,23). The number of piperazine rings is 1. The highest BCUT2D eigenvalue weighted by Gasteiger charge is 2.22. The molecule has 1 fully saturated rings. The normalized spacial score (nSPS) is 14.4. The van der Waals surface area contributed by atoms with Gasteiger partial charge in [-0.1, -0.05) is 17.7 Å². The van der Waals surface area contributed by atoms with E-state index in [0.717, 1.165) is 18.9 Å². The summed E-state index contributed by atoms with van der Waals surface area (Å²) in [5.41, 5.74) is 0.549. The highest BCUT2D eigenvalue weighted by molar-refractivity contribution is 6.33. The average Bonchev–Trinajstić information content (AvgIpc) is 2.64. The lowest BCUT2D eigenvalue weighted by Gasteiger charge is -2.35. The van der Waals surface area contributed by atoms with Gasteiger partial charge < -0.3 is 19.9 Å². The first kappa shape index (κ1) is 16.4. The molecule has 1 aliphatic rings. The summed E-state index contributed by atoms with van der Waals surface area (Å²) in [5, 5.41) is 3.33. The highest BCUT2D eigenvalue weighted by Crippen LogP contribution is 2.27. The molecule has 1 saturated heterocycles. The molecular formula is C17H19ClN4O2. The third-order valence-corrected chi connectivity index (χ3v) is 4.28. The summed E-state index contributed by atoms with van der Waals surface area (Å²) in [7, 11) is 1.58. The van der Waals surface area contributed by atoms with Crippen molar-refractivity contribution in [3.63, 3.8) is 0 Å². The van der Waals surface area contributed by atoms with Crippen LogP contribution in [0.4, 0.5) is 16.3 Å². The number of pyridine rings is 1. The second kappa shape index (κ2) is 7.40. The minimum atomic E-state index is -0.161. The van der Waals surface area contributed by atoms with E-state index in [0.29, 0.717) is 29.5 Å². The molecule has 0 radical (unpaired) electrons. The molecule has 0 unspecified atom stereocenters. The summed E-state index contributed by atoms with van der Waals surface area (Å²) in [5.74, 6) is 1.59. The van der Waals surface area contributed by atoms with E-state index in [1.165, 1.54) is 0 Å². The molecule has 0 saturated carbocycles. The van der Waals surface area contributed by atoms with Crippen LogP contribution in [-0.4, -0.2) is 49.2 Å². The average molecular weight is 347 g/mol. The smallest absolute Gasteiger partial charge is 0.322 e. The third-order valence-electron chi connectivity index (χ3n) is 3.96. The van der Waals surface area contributed by atoms with E-state index >= 15 is 0 Å². The number of nitrogens with one attached hydrogen (secondary N) is 1. The summed E-state index contributed by atoms with van der Waals surface area (Å²) in [4.78, 5) is 20.7. The van der Waals surface area contributed by atoms with Crippen molar-refractivity contribution in [1.29, 1.82) is 0 Å². The van der Waals surface area contributed by atoms with Gasteiger partial charge in [0.2, 0.25) is 0 Å². The summed E-state index contributed by atoms with van der Waals surface area (Å²) in [6.07, 6.45) is 1.78. The number of anilines is 2. The molecule has 6 nitrogen and oxygen atoms in total. The molecule has 0 spiro atoms. The summed E-state index contributed by atoms with van der Waals surface area (Å²) >= 11 is 6.13. The fourth-order valence-electron chi connectivity index (χ4n) is 2.60. The molecule has 1 aromatic heterocycles. The lowest BCUT2D eigenvalue weighted by atomic mass is 10.3. The van der Waals surface area contributed by atoms with E-state index in [2.05, 4.69) is 15.2 Å². The Morgan fingerprint density at radius 1 is 1.21 bits per heavy atom. The van der Waals surface area contributed by atoms with Crippen LogP contribution < -0.4 is 15.0 Å². The van der Waals surface area contributed by atoms with Gasteiger partial charge in [0.1, 0.15) is 11.6 Å². The number of hydrogen-bond acceptors (Lipinski definition) is 4. The van der Waals surface area contributed by atoms with Gasteiger partial charge in [0.25, 0.3) is 0 Å². The Bertz CT molecular complexity index is 703. The molecule has 1 N–H and O–H groups in total. The Balaban J connectivity index is 1.59. The second-order valence-electron chi connectivity index (χ2n) is 5.44. The molecule has 1 aliphatic heterocycles. The monoisotopic (exact) mass is 346 g/mol. The van der Waals surface area contributed by atoms with Gasteiger partial charge >= 0.3 is 6.03 Å². The Morgan fingerprint density at radius 3 is 2.67 bits per heavy atom. The number of nitrogens with zero attached hydrogens (tertiary/aromatic N) is 3. The number of methoxy groups -OCH3 is 1. The van der Waals surface area contributed by atoms with Gasteiger partial charge in [0.05, 0.1) is 17.8 Å². The van der Waals surface area contributed by atoms with Gasteiger partial charge in [-0.25, -0.2) is 9.78 Å². The molecule has 2 amide bonds. The fourth-order valence-corrected chi connectivity index (χ4v) is 2.77. The number of halogens is 1. The van der Waals surface area contributed by atoms with E-state index in [1.54, 1.807) is 36.4 Å². The van der Waals surface area contributed by atoms with Crippen molar-refractivity contribution in [2.24, 2.45) is 0 Å². The molecule has 126 valence electrons. The number of benzene rings is 1. The number of ether oxygens (including phenoxy) is 1. The number of amides is 2. The molecule has 0 bridgehead atoms. The van der Waals surface area contributed by atoms with Gasteiger partial charge in [-0.15, -0.1) is 0 Å². The van der Waals surface area contributed by atoms with Crippen LogP contribution in [0.25, 0.3) is 0 Å². The van der Waals surface area contributed by atoms with E-state index in [9.17, 15) is 4.79 Å². The lowest BCUT2D eigenvalue weighted by molar-refractivity contribution is 0.208. The van der Waals surface area contributed by atoms with Crippen molar-refractivity contribution in [1.82, 2.24) is 9.88 Å². The first-order valence-electron chi connectivity index (χ1n) is 7.73. The number of rotatable bonds is 3. The van der Waals surface area contributed by atoms with Crippen LogP contribution in [0, 0.1) is 0 Å². The zero-order valence-corrected chi connectivity index (χ0v) is 14.2. The molecule has 2 aromatic rings. The number of carbonyl (C=O) groups is 1. The van der Waals surface area contributed by atoms with Gasteiger partial charge in [0.15, 0.2) is 0 Å². The van der Waals surface area contributed by atoms with Crippen molar-refractivity contribution in [2.75, 3.05) is 43.5 Å². The molecule has 2 heterocycles. The van der Waals surface area contributed by atoms with E-state index in [4.69, 9.17) is 16.3 Å². The number of carbonyl (C=O) groups excluding carboxylic acids is 1. The van der Waals surface area contributed by atoms with Gasteiger partial charge in [-0.05, 0) is 24.3 Å². The Labute approximate surface area is 146 Å². The topological polar surface area (TPSA) is 57.7 Å². The van der Waals surface area contributed by atoms with Crippen molar-refractivity contribution in [3.05, 3.63) is 47.6 Å². The summed E-state index contributed by atoms with van der Waals surface area (Å²) < 4.78 is 5.16. The van der Waals surface area contributed by atoms with Gasteiger partial charge in [-0.3, -0.25) is 0 Å². The highest BCUT2D eigenvalue weighted by atomic mass is 35.5. The second-order valence-corrected chi connectivity index (χ2v) is 5.85. The molecule has 0 atom stereocenters. The van der Waals surface area contributed by atoms with Crippen LogP contribution in [0.1, 0.15) is 0 Å². The number of urea groups is 1. The van der Waals surface area contributed by atoms with Crippen molar-refractivity contribution < 1.29 is 9.53 Å². The van der Waals surface area contributed by atoms with Gasteiger partial charge in [0, 0.05) is 38.4 Å². The Morgan fingerprint density at radius 2 is 2.00 bits per heavy atom. The zero-order valence-electron chi connectivity index (χ0n) is 13.4.